The third kappa shape index (κ3) is 6.89. The van der Waals surface area contributed by atoms with Gasteiger partial charge in [0.15, 0.2) is 0 Å². The second-order valence-electron chi connectivity index (χ2n) is 10.2. The van der Waals surface area contributed by atoms with Crippen LogP contribution in [0, 0.1) is 29.0 Å². The van der Waals surface area contributed by atoms with E-state index in [1.54, 1.807) is 32.0 Å². The summed E-state index contributed by atoms with van der Waals surface area (Å²) < 4.78 is 73.2. The highest BCUT2D eigenvalue weighted by Gasteiger charge is 2.30. The first kappa shape index (κ1) is 29.3. The van der Waals surface area contributed by atoms with Gasteiger partial charge in [-0.25, -0.2) is 4.39 Å². The van der Waals surface area contributed by atoms with E-state index in [-0.39, 0.29) is 23.8 Å². The lowest BCUT2D eigenvalue weighted by atomic mass is 9.86. The molecule has 1 aliphatic heterocycles. The van der Waals surface area contributed by atoms with E-state index >= 15 is 0 Å². The highest BCUT2D eigenvalue weighted by molar-refractivity contribution is 7.85. The van der Waals surface area contributed by atoms with Crippen molar-refractivity contribution in [3.63, 3.8) is 0 Å². The number of methoxy groups -OCH3 is 1. The molecular formula is C29H30F4N4O2S. The summed E-state index contributed by atoms with van der Waals surface area (Å²) in [6.45, 7) is 2.38. The van der Waals surface area contributed by atoms with E-state index in [2.05, 4.69) is 28.5 Å². The first-order valence-corrected chi connectivity index (χ1v) is 14.2. The van der Waals surface area contributed by atoms with Gasteiger partial charge < -0.3 is 19.9 Å². The highest BCUT2D eigenvalue weighted by Crippen LogP contribution is 2.33. The van der Waals surface area contributed by atoms with Gasteiger partial charge in [0.05, 0.1) is 42.0 Å². The molecule has 6 nitrogen and oxygen atoms in total. The van der Waals surface area contributed by atoms with E-state index in [9.17, 15) is 27.0 Å². The Morgan fingerprint density at radius 1 is 1.12 bits per heavy atom. The van der Waals surface area contributed by atoms with Crippen molar-refractivity contribution < 1.29 is 26.5 Å². The first-order chi connectivity index (χ1) is 18.9. The number of hydrogen-bond donors (Lipinski definition) is 2. The van der Waals surface area contributed by atoms with E-state index in [1.807, 2.05) is 0 Å². The van der Waals surface area contributed by atoms with Gasteiger partial charge in [-0.15, -0.1) is 0 Å². The lowest BCUT2D eigenvalue weighted by Gasteiger charge is -2.24. The lowest BCUT2D eigenvalue weighted by molar-refractivity contribution is -0.140. The van der Waals surface area contributed by atoms with Crippen LogP contribution in [0.4, 0.5) is 28.9 Å². The number of nitrogens with zero attached hydrogens (tertiary/aromatic N) is 2. The van der Waals surface area contributed by atoms with E-state index < -0.39 is 34.8 Å². The largest absolute Gasteiger partial charge is 0.495 e. The number of nitrogens with one attached hydrogen (secondary N) is 2. The quantitative estimate of drug-likeness (QED) is 0.270. The Labute approximate surface area is 233 Å². The predicted molar refractivity (Wildman–Crippen MR) is 149 cm³/mol. The number of anilines is 2. The molecule has 2 heterocycles. The Morgan fingerprint density at radius 3 is 2.50 bits per heavy atom. The van der Waals surface area contributed by atoms with Crippen molar-refractivity contribution in [2.75, 3.05) is 35.8 Å². The van der Waals surface area contributed by atoms with Crippen LogP contribution < -0.4 is 15.4 Å². The van der Waals surface area contributed by atoms with Crippen LogP contribution >= 0.6 is 0 Å². The van der Waals surface area contributed by atoms with Gasteiger partial charge in [0.1, 0.15) is 18.1 Å². The molecule has 3 aromatic rings. The fourth-order valence-corrected chi connectivity index (χ4v) is 5.92. The Kier molecular flexibility index (Phi) is 8.65. The van der Waals surface area contributed by atoms with Crippen molar-refractivity contribution in [1.29, 1.82) is 5.26 Å². The van der Waals surface area contributed by atoms with Crippen molar-refractivity contribution in [2.24, 2.45) is 0 Å². The molecule has 2 aromatic carbocycles. The zero-order valence-electron chi connectivity index (χ0n) is 22.4. The van der Waals surface area contributed by atoms with Gasteiger partial charge in [0.25, 0.3) is 0 Å². The molecule has 40 heavy (non-hydrogen) atoms. The number of rotatable bonds is 7. The number of alkyl halides is 3. The SMILES string of the molecule is COc1cc(C(C)(C)C#N)ccc1NCC#Cc1cc2c(NC3CCS(=O)CC3)cc(F)cc2n1CC(F)(F)F. The Bertz CT molecular complexity index is 1520. The average Bonchev–Trinajstić information content (AvgIpc) is 3.23. The van der Waals surface area contributed by atoms with Gasteiger partial charge in [0, 0.05) is 39.4 Å². The highest BCUT2D eigenvalue weighted by atomic mass is 32.2. The minimum Gasteiger partial charge on any atom is -0.495 e. The molecule has 1 aliphatic rings. The zero-order chi connectivity index (χ0) is 29.1. The maximum atomic E-state index is 14.6. The third-order valence-corrected chi connectivity index (χ3v) is 8.24. The van der Waals surface area contributed by atoms with Gasteiger partial charge >= 0.3 is 6.18 Å². The lowest BCUT2D eigenvalue weighted by Crippen LogP contribution is -2.29. The monoisotopic (exact) mass is 574 g/mol. The molecule has 1 aromatic heterocycles. The first-order valence-electron chi connectivity index (χ1n) is 12.7. The average molecular weight is 575 g/mol. The van der Waals surface area contributed by atoms with Crippen molar-refractivity contribution in [3.8, 4) is 23.7 Å². The van der Waals surface area contributed by atoms with Crippen molar-refractivity contribution >= 4 is 33.1 Å². The molecule has 0 radical (unpaired) electrons. The van der Waals surface area contributed by atoms with E-state index in [1.165, 1.54) is 19.2 Å². The van der Waals surface area contributed by atoms with Crippen molar-refractivity contribution in [1.82, 2.24) is 4.57 Å². The topological polar surface area (TPSA) is 79.1 Å². The van der Waals surface area contributed by atoms with Crippen LogP contribution in [-0.2, 0) is 22.8 Å². The molecule has 212 valence electrons. The zero-order valence-corrected chi connectivity index (χ0v) is 23.2. The molecule has 0 saturated carbocycles. The van der Waals surface area contributed by atoms with Crippen LogP contribution in [0.2, 0.25) is 0 Å². The van der Waals surface area contributed by atoms with Gasteiger partial charge in [-0.3, -0.25) is 4.21 Å². The molecule has 0 amide bonds. The second-order valence-corrected chi connectivity index (χ2v) is 11.9. The summed E-state index contributed by atoms with van der Waals surface area (Å²) in [6, 6.07) is 11.4. The summed E-state index contributed by atoms with van der Waals surface area (Å²) >= 11 is 0. The molecule has 2 N–H and O–H groups in total. The Hall–Kier alpha value is -3.70. The molecule has 1 saturated heterocycles. The predicted octanol–water partition coefficient (Wildman–Crippen LogP) is 5.94. The summed E-state index contributed by atoms with van der Waals surface area (Å²) in [5.41, 5.74) is 1.27. The van der Waals surface area contributed by atoms with Gasteiger partial charge in [0.2, 0.25) is 0 Å². The number of aromatic nitrogens is 1. The maximum Gasteiger partial charge on any atom is 0.406 e. The molecule has 4 rings (SSSR count). The van der Waals surface area contributed by atoms with E-state index in [0.717, 1.165) is 16.2 Å². The fourth-order valence-electron chi connectivity index (χ4n) is 4.62. The number of fused-ring (bicyclic) bond motifs is 1. The molecule has 1 fully saturated rings. The van der Waals surface area contributed by atoms with Crippen LogP contribution in [0.15, 0.2) is 36.4 Å². The van der Waals surface area contributed by atoms with Crippen LogP contribution in [0.5, 0.6) is 5.75 Å². The minimum atomic E-state index is -4.54. The molecular weight excluding hydrogens is 544 g/mol. The summed E-state index contributed by atoms with van der Waals surface area (Å²) in [6.07, 6.45) is -3.28. The summed E-state index contributed by atoms with van der Waals surface area (Å²) in [4.78, 5) is 0. The molecule has 11 heteroatoms. The Morgan fingerprint density at radius 2 is 1.85 bits per heavy atom. The van der Waals surface area contributed by atoms with Gasteiger partial charge in [-0.1, -0.05) is 12.0 Å². The number of ether oxygens (including phenoxy) is 1. The number of nitriles is 1. The van der Waals surface area contributed by atoms with Crippen LogP contribution in [0.3, 0.4) is 0 Å². The molecule has 0 spiro atoms. The van der Waals surface area contributed by atoms with Gasteiger partial charge in [-0.2, -0.15) is 18.4 Å². The fraction of sp³-hybridized carbons (Fsp3) is 0.414. The smallest absolute Gasteiger partial charge is 0.406 e. The summed E-state index contributed by atoms with van der Waals surface area (Å²) in [7, 11) is 0.626. The van der Waals surface area contributed by atoms with Crippen LogP contribution in [0.1, 0.15) is 37.9 Å². The molecule has 0 aliphatic carbocycles. The van der Waals surface area contributed by atoms with E-state index in [0.29, 0.717) is 46.9 Å². The number of hydrogen-bond acceptors (Lipinski definition) is 5. The molecule has 0 atom stereocenters. The van der Waals surface area contributed by atoms with Crippen molar-refractivity contribution in [2.45, 2.75) is 50.9 Å². The third-order valence-electron chi connectivity index (χ3n) is 6.86. The van der Waals surface area contributed by atoms with E-state index in [4.69, 9.17) is 4.74 Å². The van der Waals surface area contributed by atoms with Gasteiger partial charge in [-0.05, 0) is 68.5 Å². The maximum absolute atomic E-state index is 14.6. The molecule has 0 bridgehead atoms. The normalized spacial score (nSPS) is 17.6. The van der Waals surface area contributed by atoms with Crippen LogP contribution in [0.25, 0.3) is 10.9 Å². The summed E-state index contributed by atoms with van der Waals surface area (Å²) in [5, 5.41) is 16.2. The number of halogens is 4. The standard InChI is InChI=1S/C29H30F4N4O2S/c1-28(2,17-34)19-6-7-24(27(13-19)39-3)35-10-4-5-22-16-23-25(36-21-8-11-40(38)12-9-21)14-20(30)15-26(23)37(22)18-29(31,32)33/h6-7,13-16,21,35-36H,8-12,18H2,1-3H3. The minimum absolute atomic E-state index is 0.0486. The molecule has 0 unspecified atom stereocenters. The van der Waals surface area contributed by atoms with Crippen LogP contribution in [-0.4, -0.2) is 46.2 Å². The Balaban J connectivity index is 1.62. The summed E-state index contributed by atoms with van der Waals surface area (Å²) in [5.74, 6) is 6.57. The second kappa shape index (κ2) is 11.8. The number of benzene rings is 2. The van der Waals surface area contributed by atoms with Crippen molar-refractivity contribution in [3.05, 3.63) is 53.5 Å².